The van der Waals surface area contributed by atoms with Gasteiger partial charge in [-0.3, -0.25) is 0 Å². The molecule has 0 bridgehead atoms. The summed E-state index contributed by atoms with van der Waals surface area (Å²) in [4.78, 5) is 3.52. The summed E-state index contributed by atoms with van der Waals surface area (Å²) in [6.45, 7) is 1.45. The summed E-state index contributed by atoms with van der Waals surface area (Å²) in [5.74, 6) is -1.49. The Morgan fingerprint density at radius 3 is 2.57 bits per heavy atom. The summed E-state index contributed by atoms with van der Waals surface area (Å²) < 4.78 is 54.9. The summed E-state index contributed by atoms with van der Waals surface area (Å²) in [5.41, 5.74) is 0. The Morgan fingerprint density at radius 1 is 1.22 bits per heavy atom. The second kappa shape index (κ2) is 6.37. The zero-order valence-electron chi connectivity index (χ0n) is 12.4. The van der Waals surface area contributed by atoms with Gasteiger partial charge in [-0.05, 0) is 30.9 Å². The number of piperidine rings is 1. The number of sulfonamides is 1. The molecule has 2 aromatic rings. The van der Waals surface area contributed by atoms with E-state index in [4.69, 9.17) is 0 Å². The van der Waals surface area contributed by atoms with E-state index in [1.54, 1.807) is 12.5 Å². The van der Waals surface area contributed by atoms with Crippen LogP contribution in [0.5, 0.6) is 0 Å². The molecule has 2 heterocycles. The number of imidazole rings is 1. The first-order valence-electron chi connectivity index (χ1n) is 7.38. The van der Waals surface area contributed by atoms with Gasteiger partial charge in [0.1, 0.15) is 16.5 Å². The van der Waals surface area contributed by atoms with Crippen LogP contribution in [0.2, 0.25) is 0 Å². The van der Waals surface area contributed by atoms with Crippen LogP contribution in [0.15, 0.2) is 41.8 Å². The molecule has 0 radical (unpaired) electrons. The van der Waals surface area contributed by atoms with Gasteiger partial charge in [-0.15, -0.1) is 0 Å². The Morgan fingerprint density at radius 2 is 1.96 bits per heavy atom. The molecule has 1 fully saturated rings. The first-order chi connectivity index (χ1) is 11.0. The molecule has 1 aromatic carbocycles. The summed E-state index contributed by atoms with van der Waals surface area (Å²) in [6.07, 6.45) is 6.70. The largest absolute Gasteiger partial charge is 0.337 e. The average molecular weight is 341 g/mol. The van der Waals surface area contributed by atoms with Gasteiger partial charge in [-0.25, -0.2) is 22.2 Å². The van der Waals surface area contributed by atoms with Crippen molar-refractivity contribution in [3.05, 3.63) is 48.6 Å². The van der Waals surface area contributed by atoms with Crippen molar-refractivity contribution < 1.29 is 17.2 Å². The van der Waals surface area contributed by atoms with Crippen molar-refractivity contribution in [2.45, 2.75) is 24.3 Å². The fraction of sp³-hybridized carbons (Fsp3) is 0.400. The molecule has 0 unspecified atom stereocenters. The van der Waals surface area contributed by atoms with Crippen molar-refractivity contribution in [3.63, 3.8) is 0 Å². The molecule has 23 heavy (non-hydrogen) atoms. The lowest BCUT2D eigenvalue weighted by molar-refractivity contribution is 0.252. The monoisotopic (exact) mass is 341 g/mol. The molecule has 5 nitrogen and oxygen atoms in total. The average Bonchev–Trinajstić information content (AvgIpc) is 3.00. The van der Waals surface area contributed by atoms with Crippen molar-refractivity contribution in [1.29, 1.82) is 0 Å². The molecule has 0 atom stereocenters. The highest BCUT2D eigenvalue weighted by atomic mass is 32.2. The lowest BCUT2D eigenvalue weighted by Crippen LogP contribution is -2.39. The van der Waals surface area contributed by atoms with Crippen LogP contribution in [0.25, 0.3) is 0 Å². The van der Waals surface area contributed by atoms with E-state index in [0.29, 0.717) is 37.9 Å². The predicted molar refractivity (Wildman–Crippen MR) is 80.1 cm³/mol. The molecule has 1 saturated heterocycles. The van der Waals surface area contributed by atoms with Gasteiger partial charge in [0.25, 0.3) is 0 Å². The van der Waals surface area contributed by atoms with E-state index in [0.717, 1.165) is 18.7 Å². The third kappa shape index (κ3) is 3.42. The molecule has 0 amide bonds. The van der Waals surface area contributed by atoms with Gasteiger partial charge in [-0.2, -0.15) is 4.31 Å². The van der Waals surface area contributed by atoms with E-state index in [9.17, 15) is 17.2 Å². The summed E-state index contributed by atoms with van der Waals surface area (Å²) in [7, 11) is -3.92. The van der Waals surface area contributed by atoms with Crippen LogP contribution in [0.4, 0.5) is 8.78 Å². The number of nitrogens with zero attached hydrogens (tertiary/aromatic N) is 3. The zero-order chi connectivity index (χ0) is 16.4. The van der Waals surface area contributed by atoms with E-state index >= 15 is 0 Å². The highest BCUT2D eigenvalue weighted by Crippen LogP contribution is 2.26. The maximum absolute atomic E-state index is 13.8. The minimum Gasteiger partial charge on any atom is -0.337 e. The quantitative estimate of drug-likeness (QED) is 0.857. The van der Waals surface area contributed by atoms with E-state index in [1.807, 2.05) is 10.8 Å². The van der Waals surface area contributed by atoms with Crippen LogP contribution >= 0.6 is 0 Å². The normalized spacial score (nSPS) is 17.5. The van der Waals surface area contributed by atoms with Gasteiger partial charge >= 0.3 is 0 Å². The van der Waals surface area contributed by atoms with Gasteiger partial charge in [0.2, 0.25) is 10.0 Å². The van der Waals surface area contributed by atoms with Crippen molar-refractivity contribution in [1.82, 2.24) is 13.9 Å². The van der Waals surface area contributed by atoms with Gasteiger partial charge in [-0.1, -0.05) is 0 Å². The highest BCUT2D eigenvalue weighted by Gasteiger charge is 2.31. The third-order valence-electron chi connectivity index (χ3n) is 4.11. The second-order valence-corrected chi connectivity index (χ2v) is 7.59. The maximum atomic E-state index is 13.8. The van der Waals surface area contributed by atoms with Crippen molar-refractivity contribution >= 4 is 10.0 Å². The minimum absolute atomic E-state index is 0.332. The number of hydrogen-bond acceptors (Lipinski definition) is 3. The van der Waals surface area contributed by atoms with Gasteiger partial charge in [0.15, 0.2) is 0 Å². The minimum atomic E-state index is -3.92. The number of aromatic nitrogens is 2. The topological polar surface area (TPSA) is 55.2 Å². The predicted octanol–water partition coefficient (Wildman–Crippen LogP) is 2.26. The molecule has 0 aliphatic carbocycles. The highest BCUT2D eigenvalue weighted by molar-refractivity contribution is 7.89. The van der Waals surface area contributed by atoms with Crippen molar-refractivity contribution in [3.8, 4) is 0 Å². The summed E-state index contributed by atoms with van der Waals surface area (Å²) >= 11 is 0. The van der Waals surface area contributed by atoms with Crippen LogP contribution in [-0.2, 0) is 16.6 Å². The van der Waals surface area contributed by atoms with Crippen molar-refractivity contribution in [2.75, 3.05) is 13.1 Å². The molecule has 0 N–H and O–H groups in total. The standard InChI is InChI=1S/C15H17F2N3O2S/c16-13-1-2-15(14(17)9-13)23(21,22)20-6-3-12(4-7-20)10-19-8-5-18-11-19/h1-2,5,8-9,11-12H,3-4,6-7,10H2. The Hall–Kier alpha value is -1.80. The fourth-order valence-corrected chi connectivity index (χ4v) is 4.36. The molecular weight excluding hydrogens is 324 g/mol. The Balaban J connectivity index is 1.68. The van der Waals surface area contributed by atoms with E-state index < -0.39 is 26.6 Å². The van der Waals surface area contributed by atoms with E-state index in [1.165, 1.54) is 4.31 Å². The molecule has 1 aliphatic rings. The first kappa shape index (κ1) is 16.1. The lowest BCUT2D eigenvalue weighted by Gasteiger charge is -2.31. The van der Waals surface area contributed by atoms with Crippen LogP contribution in [-0.4, -0.2) is 35.4 Å². The smallest absolute Gasteiger partial charge is 0.245 e. The molecule has 1 aromatic heterocycles. The Kier molecular flexibility index (Phi) is 4.45. The summed E-state index contributed by atoms with van der Waals surface area (Å²) in [6, 6.07) is 2.54. The van der Waals surface area contributed by atoms with Crippen molar-refractivity contribution in [2.24, 2.45) is 5.92 Å². The van der Waals surface area contributed by atoms with Gasteiger partial charge < -0.3 is 4.57 Å². The number of benzene rings is 1. The van der Waals surface area contributed by atoms with Gasteiger partial charge in [0, 0.05) is 38.1 Å². The molecule has 8 heteroatoms. The number of halogens is 2. The lowest BCUT2D eigenvalue weighted by atomic mass is 9.98. The third-order valence-corrected chi connectivity index (χ3v) is 6.05. The zero-order valence-corrected chi connectivity index (χ0v) is 13.2. The SMILES string of the molecule is O=S(=O)(c1ccc(F)cc1F)N1CCC(Cn2ccnc2)CC1. The van der Waals surface area contributed by atoms with E-state index in [-0.39, 0.29) is 0 Å². The fourth-order valence-electron chi connectivity index (χ4n) is 2.85. The molecule has 0 spiro atoms. The molecule has 1 aliphatic heterocycles. The Labute approximate surface area is 133 Å². The summed E-state index contributed by atoms with van der Waals surface area (Å²) in [5, 5.41) is 0. The molecule has 124 valence electrons. The second-order valence-electron chi connectivity index (χ2n) is 5.68. The first-order valence-corrected chi connectivity index (χ1v) is 8.82. The van der Waals surface area contributed by atoms with E-state index in [2.05, 4.69) is 4.98 Å². The van der Waals surface area contributed by atoms with Crippen LogP contribution in [0, 0.1) is 17.6 Å². The molecule has 3 rings (SSSR count). The molecular formula is C15H17F2N3O2S. The van der Waals surface area contributed by atoms with Gasteiger partial charge in [0.05, 0.1) is 6.33 Å². The van der Waals surface area contributed by atoms with Crippen LogP contribution in [0.1, 0.15) is 12.8 Å². The number of hydrogen-bond donors (Lipinski definition) is 0. The Bertz CT molecular complexity index is 770. The molecule has 0 saturated carbocycles. The van der Waals surface area contributed by atoms with Crippen LogP contribution in [0.3, 0.4) is 0 Å². The number of rotatable bonds is 4. The van der Waals surface area contributed by atoms with Crippen LogP contribution < -0.4 is 0 Å². The maximum Gasteiger partial charge on any atom is 0.245 e.